The van der Waals surface area contributed by atoms with Gasteiger partial charge >= 0.3 is 0 Å². The van der Waals surface area contributed by atoms with Crippen LogP contribution in [0, 0.1) is 0 Å². The third-order valence-corrected chi connectivity index (χ3v) is 8.85. The van der Waals surface area contributed by atoms with Crippen LogP contribution in [0.15, 0.2) is 113 Å². The molecule has 9 heteroatoms. The van der Waals surface area contributed by atoms with E-state index in [0.717, 1.165) is 49.5 Å². The molecule has 0 spiro atoms. The number of hydrogen-bond donors (Lipinski definition) is 2. The van der Waals surface area contributed by atoms with Crippen molar-refractivity contribution in [2.75, 3.05) is 32.6 Å². The third kappa shape index (κ3) is 7.85. The summed E-state index contributed by atoms with van der Waals surface area (Å²) >= 11 is 0. The molecule has 2 heterocycles. The van der Waals surface area contributed by atoms with Gasteiger partial charge in [-0.15, -0.1) is 6.58 Å². The number of H-pyrrole nitrogens is 1. The van der Waals surface area contributed by atoms with E-state index in [0.29, 0.717) is 16.8 Å². The number of nitrogens with zero attached hydrogens (tertiary/aromatic N) is 2. The van der Waals surface area contributed by atoms with Gasteiger partial charge in [-0.2, -0.15) is 0 Å². The van der Waals surface area contributed by atoms with Crippen LogP contribution in [0.2, 0.25) is 0 Å². The van der Waals surface area contributed by atoms with E-state index < -0.39 is 5.56 Å². The number of ether oxygens (including phenoxy) is 2. The summed E-state index contributed by atoms with van der Waals surface area (Å²) in [6, 6.07) is 28.3. The number of allylic oxidation sites excluding steroid dienone is 1. The van der Waals surface area contributed by atoms with Crippen molar-refractivity contribution in [3.63, 3.8) is 0 Å². The van der Waals surface area contributed by atoms with Crippen molar-refractivity contribution in [3.05, 3.63) is 168 Å². The van der Waals surface area contributed by atoms with E-state index in [1.807, 2.05) is 54.6 Å². The second kappa shape index (κ2) is 15.5. The Morgan fingerprint density at radius 1 is 0.880 bits per heavy atom. The minimum absolute atomic E-state index is 0.115. The van der Waals surface area contributed by atoms with Gasteiger partial charge in [-0.3, -0.25) is 23.9 Å². The molecule has 0 fully saturated rings. The van der Waals surface area contributed by atoms with Crippen molar-refractivity contribution in [2.24, 2.45) is 0 Å². The zero-order chi connectivity index (χ0) is 35.0. The lowest BCUT2D eigenvalue weighted by Crippen LogP contribution is -2.53. The molecule has 0 atom stereocenters. The van der Waals surface area contributed by atoms with Crippen LogP contribution in [0.1, 0.15) is 38.2 Å². The van der Waals surface area contributed by atoms with Crippen molar-refractivity contribution >= 4 is 23.7 Å². The lowest BCUT2D eigenvalue weighted by molar-refractivity contribution is 0.102. The highest BCUT2D eigenvalue weighted by Gasteiger charge is 2.19. The van der Waals surface area contributed by atoms with Crippen LogP contribution >= 0.6 is 0 Å². The molecule has 5 aromatic rings. The molecule has 0 radical (unpaired) electrons. The molecule has 2 N–H and O–H groups in total. The highest BCUT2D eigenvalue weighted by atomic mass is 16.5. The van der Waals surface area contributed by atoms with Gasteiger partial charge in [-0.05, 0) is 89.2 Å². The topological polar surface area (TPSA) is 106 Å². The lowest BCUT2D eigenvalue weighted by Gasteiger charge is -2.29. The van der Waals surface area contributed by atoms with Crippen molar-refractivity contribution in [1.82, 2.24) is 14.5 Å². The summed E-state index contributed by atoms with van der Waals surface area (Å²) in [5.74, 6) is 1.24. The molecule has 1 aliphatic rings. The predicted molar refractivity (Wildman–Crippen MR) is 197 cm³/mol. The fourth-order valence-electron chi connectivity index (χ4n) is 6.19. The summed E-state index contributed by atoms with van der Waals surface area (Å²) in [5.41, 5.74) is 5.48. The highest BCUT2D eigenvalue weighted by Crippen LogP contribution is 2.33. The molecule has 0 saturated carbocycles. The van der Waals surface area contributed by atoms with Crippen molar-refractivity contribution in [3.8, 4) is 11.5 Å². The van der Waals surface area contributed by atoms with Crippen molar-refractivity contribution < 1.29 is 14.3 Å². The third-order valence-electron chi connectivity index (χ3n) is 8.85. The Morgan fingerprint density at radius 2 is 1.60 bits per heavy atom. The molecule has 1 amide bonds. The minimum Gasteiger partial charge on any atom is -0.493 e. The van der Waals surface area contributed by atoms with E-state index in [4.69, 9.17) is 9.47 Å². The number of amides is 1. The van der Waals surface area contributed by atoms with Crippen molar-refractivity contribution in [1.29, 1.82) is 0 Å². The summed E-state index contributed by atoms with van der Waals surface area (Å²) < 4.78 is 12.4. The van der Waals surface area contributed by atoms with Crippen LogP contribution in [0.4, 0.5) is 5.69 Å². The fourth-order valence-corrected chi connectivity index (χ4v) is 6.19. The molecule has 9 nitrogen and oxygen atoms in total. The van der Waals surface area contributed by atoms with Crippen LogP contribution in [-0.4, -0.2) is 47.7 Å². The molecule has 1 aromatic heterocycles. The maximum atomic E-state index is 13.4. The molecule has 6 rings (SSSR count). The van der Waals surface area contributed by atoms with E-state index in [2.05, 4.69) is 33.9 Å². The predicted octanol–water partition coefficient (Wildman–Crippen LogP) is 4.25. The Bertz CT molecular complexity index is 2260. The Kier molecular flexibility index (Phi) is 10.5. The number of rotatable bonds is 11. The number of benzene rings is 4. The van der Waals surface area contributed by atoms with E-state index in [1.54, 1.807) is 56.7 Å². The van der Waals surface area contributed by atoms with Gasteiger partial charge in [0.15, 0.2) is 11.5 Å². The summed E-state index contributed by atoms with van der Waals surface area (Å²) in [6.45, 7) is 6.68. The molecule has 0 bridgehead atoms. The van der Waals surface area contributed by atoms with E-state index in [-0.39, 0.29) is 28.7 Å². The SMILES string of the molecule is C=CCn1c(=O)c(=Cc2cccc(C(=O)Nc3ccc(CCN4CCc5cc(OC)c(OC)cc5C4)cc3)c2)[nH]c(=O)c1=Cc1ccccc1. The number of hydrogen-bond acceptors (Lipinski definition) is 6. The van der Waals surface area contributed by atoms with Gasteiger partial charge in [0, 0.05) is 37.4 Å². The van der Waals surface area contributed by atoms with Gasteiger partial charge in [-0.25, -0.2) is 0 Å². The van der Waals surface area contributed by atoms with Gasteiger partial charge in [0.1, 0.15) is 10.7 Å². The molecule has 254 valence electrons. The first-order valence-corrected chi connectivity index (χ1v) is 16.5. The Labute approximate surface area is 290 Å². The van der Waals surface area contributed by atoms with Crippen LogP contribution in [-0.2, 0) is 25.9 Å². The normalized spacial score (nSPS) is 13.5. The molecule has 50 heavy (non-hydrogen) atoms. The molecule has 0 unspecified atom stereocenters. The smallest absolute Gasteiger partial charge is 0.275 e. The largest absolute Gasteiger partial charge is 0.493 e. The average molecular weight is 669 g/mol. The molecule has 0 saturated heterocycles. The minimum atomic E-state index is -0.401. The Balaban J connectivity index is 1.12. The quantitative estimate of drug-likeness (QED) is 0.204. The molecular formula is C41H40N4O5. The number of anilines is 1. The van der Waals surface area contributed by atoms with Crippen LogP contribution in [0.5, 0.6) is 11.5 Å². The van der Waals surface area contributed by atoms with Crippen LogP contribution in [0.25, 0.3) is 12.2 Å². The zero-order valence-corrected chi connectivity index (χ0v) is 28.3. The molecular weight excluding hydrogens is 628 g/mol. The Hall–Kier alpha value is -5.93. The van der Waals surface area contributed by atoms with Gasteiger partial charge in [-0.1, -0.05) is 60.7 Å². The zero-order valence-electron chi connectivity index (χ0n) is 28.3. The first kappa shape index (κ1) is 34.0. The standard InChI is InChI=1S/C41H40N4O5/c1-4-19-45-36(24-29-9-6-5-7-10-29)40(47)43-35(41(45)48)23-30-11-8-12-32(22-30)39(46)42-34-15-13-28(14-16-34)17-20-44-21-18-31-25-37(49-2)38(50-3)26-33(31)27-44/h4-16,22-26H,1,17-21,27H2,2-3H3,(H,42,46)(H,43,47). The number of carbonyl (C=O) groups is 1. The maximum absolute atomic E-state index is 13.4. The monoisotopic (exact) mass is 668 g/mol. The van der Waals surface area contributed by atoms with Gasteiger partial charge < -0.3 is 19.8 Å². The highest BCUT2D eigenvalue weighted by molar-refractivity contribution is 6.04. The average Bonchev–Trinajstić information content (AvgIpc) is 3.14. The van der Waals surface area contributed by atoms with E-state index in [1.165, 1.54) is 21.3 Å². The first-order valence-electron chi connectivity index (χ1n) is 16.5. The number of fused-ring (bicyclic) bond motifs is 1. The summed E-state index contributed by atoms with van der Waals surface area (Å²) in [7, 11) is 3.32. The summed E-state index contributed by atoms with van der Waals surface area (Å²) in [4.78, 5) is 44.9. The number of carbonyl (C=O) groups excluding carboxylic acids is 1. The maximum Gasteiger partial charge on any atom is 0.275 e. The van der Waals surface area contributed by atoms with E-state index in [9.17, 15) is 14.4 Å². The summed E-state index contributed by atoms with van der Waals surface area (Å²) in [6.07, 6.45) is 6.68. The summed E-state index contributed by atoms with van der Waals surface area (Å²) in [5, 5.41) is 3.31. The molecule has 0 aliphatic carbocycles. The van der Waals surface area contributed by atoms with Crippen molar-refractivity contribution in [2.45, 2.75) is 25.9 Å². The fraction of sp³-hybridized carbons (Fsp3) is 0.195. The number of aromatic nitrogens is 2. The van der Waals surface area contributed by atoms with Crippen LogP contribution < -0.4 is 36.6 Å². The first-order chi connectivity index (χ1) is 24.3. The van der Waals surface area contributed by atoms with Gasteiger partial charge in [0.05, 0.1) is 14.2 Å². The lowest BCUT2D eigenvalue weighted by atomic mass is 9.98. The second-order valence-electron chi connectivity index (χ2n) is 12.2. The van der Waals surface area contributed by atoms with E-state index >= 15 is 0 Å². The second-order valence-corrected chi connectivity index (χ2v) is 12.2. The molecule has 4 aromatic carbocycles. The molecule has 1 aliphatic heterocycles. The van der Waals surface area contributed by atoms with Crippen LogP contribution in [0.3, 0.4) is 0 Å². The Morgan fingerprint density at radius 3 is 2.32 bits per heavy atom. The number of methoxy groups -OCH3 is 2. The number of aromatic amines is 1. The van der Waals surface area contributed by atoms with Gasteiger partial charge in [0.2, 0.25) is 0 Å². The van der Waals surface area contributed by atoms with Gasteiger partial charge in [0.25, 0.3) is 17.0 Å². The number of nitrogens with one attached hydrogen (secondary N) is 2.